The highest BCUT2D eigenvalue weighted by atomic mass is 35.5. The average molecular weight is 1940 g/mol. The number of aliphatic imine (C=N–C) groups is 4. The molecular weight excluding hydrogens is 1860 g/mol. The van der Waals surface area contributed by atoms with E-state index in [2.05, 4.69) is 53.3 Å². The molecule has 12 N–H and O–H groups in total. The third-order valence-electron chi connectivity index (χ3n) is 16.7. The fraction of sp³-hybridized carbons (Fsp3) is 0.241. The maximum absolute atomic E-state index is 13.2. The van der Waals surface area contributed by atoms with Crippen LogP contribution < -0.4 is 31.5 Å². The number of nitrogens with one attached hydrogen (secondary N) is 3. The summed E-state index contributed by atoms with van der Waals surface area (Å²) in [5, 5.41) is 97.9. The number of allylic oxidation sites excluding steroid dienone is 2. The Morgan fingerprint density at radius 1 is 0.536 bits per heavy atom. The Balaban J connectivity index is 0.000000226. The fourth-order valence-corrected chi connectivity index (χ4v) is 12.5. The topological polar surface area (TPSA) is 422 Å². The molecule has 0 aromatic heterocycles. The van der Waals surface area contributed by atoms with Gasteiger partial charge in [-0.2, -0.15) is 31.3 Å². The molecule has 0 unspecified atom stereocenters. The molecule has 30 nitrogen and oxygen atoms in total. The van der Waals surface area contributed by atoms with Gasteiger partial charge in [-0.25, -0.2) is 9.80 Å². The minimum Gasteiger partial charge on any atom is -0.471 e. The molecule has 5 heterocycles. The van der Waals surface area contributed by atoms with Gasteiger partial charge >= 0.3 is 18.3 Å². The molecule has 5 aliphatic rings. The summed E-state index contributed by atoms with van der Waals surface area (Å²) in [6.45, 7) is 4.26. The summed E-state index contributed by atoms with van der Waals surface area (Å²) in [6, 6.07) is 37.4. The number of isothiocyanates is 1. The number of nitrogens with two attached hydrogens (primary N) is 1. The van der Waals surface area contributed by atoms with Crippen molar-refractivity contribution in [2.75, 3.05) is 72.0 Å². The predicted octanol–water partition coefficient (Wildman–Crippen LogP) is 16.4. The minimum absolute atomic E-state index is 0.0261. The van der Waals surface area contributed by atoms with E-state index in [-0.39, 0.29) is 108 Å². The van der Waals surface area contributed by atoms with Crippen LogP contribution in [0.4, 0.5) is 71.8 Å². The van der Waals surface area contributed by atoms with Crippen molar-refractivity contribution in [3.8, 4) is 0 Å². The molecule has 666 valence electrons. The number of nitro benzene ring substituents is 2. The summed E-state index contributed by atoms with van der Waals surface area (Å²) in [4.78, 5) is 75.2. The number of guanidine groups is 3. The molecule has 8 aromatic rings. The molecule has 13 rings (SSSR count). The summed E-state index contributed by atoms with van der Waals surface area (Å²) in [5.41, 5.74) is 10.9. The lowest BCUT2D eigenvalue weighted by molar-refractivity contribution is -0.385. The van der Waals surface area contributed by atoms with Crippen molar-refractivity contribution in [1.82, 2.24) is 15.1 Å². The van der Waals surface area contributed by atoms with Gasteiger partial charge < -0.3 is 76.7 Å². The number of hydrogen-bond donors (Lipinski definition) is 11. The molecular formula is C79H74Cl8F6N14O16S2. The van der Waals surface area contributed by atoms with Gasteiger partial charge in [0.1, 0.15) is 18.0 Å². The number of hydrogen-bond acceptors (Lipinski definition) is 27. The summed E-state index contributed by atoms with van der Waals surface area (Å²) in [6.07, 6.45) is -8.20. The number of ether oxygens (including phenoxy) is 2. The van der Waals surface area contributed by atoms with Crippen molar-refractivity contribution < 1.29 is 95.8 Å². The summed E-state index contributed by atoms with van der Waals surface area (Å²) >= 11 is 55.7. The largest absolute Gasteiger partial charge is 0.471 e. The Hall–Kier alpha value is -10.4. The number of esters is 1. The second-order valence-corrected chi connectivity index (χ2v) is 29.0. The van der Waals surface area contributed by atoms with Crippen molar-refractivity contribution in [1.29, 1.82) is 0 Å². The number of rotatable bonds is 17. The molecule has 5 aliphatic heterocycles. The standard InChI is InChI=1S/C16H13ClF3N3O3.C14H11ClF3N3O2.C10H12ClN3O.C10H12ClNO2S.C8H6ClNOS.2C7H6ClNO3.C7H8ClNO/c1-9(24)26-8-10-6-11(2-3-12(10)17)23-14(25)7-13(16(18,19)20)22-5-4-21-15(22)23;15-10-2-1-9(5-8(10)7-22)21-12(23)6-11(14(16,17)18)20-4-3-19-13(20)21;11-9-2-1-8(5-7(9)6-15)14-10-12-3-4-13-10;1-2-14-10(15)12-8-3-4-9(11)7(5-8)6-13;9-8-2-1-7(10-5-12)3-6(8)4-11;2*8-7-2-1-6(9(11)12)3-5(7)4-10;8-7-2-1-6(9)3-5(7)4-10/h2-3,6-7H,4-5,8H2,1H3;1-2,5-6,22H,3-4,7H2;1-2,5,15H,3-4,6H2,(H2,12,13,14);3-5,13H,2,6H2,1H3,(H,12,15);1-3,11H,4H2;2*1-3,10H,4H2;1-3,10H,4,9H2. The highest BCUT2D eigenvalue weighted by Crippen LogP contribution is 2.39. The molecule has 2 amide bonds. The van der Waals surface area contributed by atoms with Gasteiger partial charge in [-0.1, -0.05) is 92.8 Å². The molecule has 8 aromatic carbocycles. The Morgan fingerprint density at radius 2 is 0.912 bits per heavy atom. The van der Waals surface area contributed by atoms with Crippen LogP contribution in [0.2, 0.25) is 40.2 Å². The molecule has 0 saturated heterocycles. The van der Waals surface area contributed by atoms with Gasteiger partial charge in [0.15, 0.2) is 5.96 Å². The number of aliphatic hydroxyl groups is 7. The first-order chi connectivity index (χ1) is 59.3. The SMILES string of the molecule is CC(=O)OCc1cc(N2C(=O)C=C(C(F)(F)F)N3CCN=C32)ccc1Cl.CCOC(=S)Nc1ccc(Cl)c(CO)c1.Nc1ccc(Cl)c(CO)c1.O=C1C=C(C(F)(F)F)N2CCN=C2N1c1ccc(Cl)c(CO)c1.O=[N+]([O-])c1ccc(Cl)c(CO)c1.O=[N+]([O-])c1ccc(Cl)c(CO)c1.OCc1cc(N=C=S)ccc1Cl.OCc1cc(NC2=NCCN2)ccc1Cl. The molecule has 0 atom stereocenters. The van der Waals surface area contributed by atoms with Crippen molar-refractivity contribution in [2.45, 2.75) is 79.1 Å². The second kappa shape index (κ2) is 50.1. The van der Waals surface area contributed by atoms with Crippen LogP contribution in [0.25, 0.3) is 0 Å². The number of halogens is 14. The number of nitrogens with zero attached hydrogens (tertiary/aromatic N) is 10. The Labute approximate surface area is 759 Å². The summed E-state index contributed by atoms with van der Waals surface area (Å²) < 4.78 is 88.7. The van der Waals surface area contributed by atoms with E-state index in [9.17, 15) is 66.1 Å². The van der Waals surface area contributed by atoms with Crippen molar-refractivity contribution in [2.24, 2.45) is 20.0 Å². The quantitative estimate of drug-likeness (QED) is 0.00767. The van der Waals surface area contributed by atoms with Crippen LogP contribution in [0.5, 0.6) is 0 Å². The van der Waals surface area contributed by atoms with Gasteiger partial charge in [-0.3, -0.25) is 49.6 Å². The predicted molar refractivity (Wildman–Crippen MR) is 474 cm³/mol. The van der Waals surface area contributed by atoms with Gasteiger partial charge in [0.05, 0.1) is 105 Å². The van der Waals surface area contributed by atoms with Crippen LogP contribution in [0.15, 0.2) is 189 Å². The number of thiocarbonyl (C=S) groups is 2. The molecule has 125 heavy (non-hydrogen) atoms. The van der Waals surface area contributed by atoms with E-state index in [1.807, 2.05) is 19.1 Å². The number of alkyl halides is 6. The van der Waals surface area contributed by atoms with Crippen LogP contribution in [0.1, 0.15) is 58.4 Å². The maximum Gasteiger partial charge on any atom is 0.431 e. The minimum atomic E-state index is -4.66. The molecule has 0 fully saturated rings. The molecule has 0 spiro atoms. The first kappa shape index (κ1) is 103. The zero-order chi connectivity index (χ0) is 92.6. The highest BCUT2D eigenvalue weighted by Gasteiger charge is 2.48. The van der Waals surface area contributed by atoms with E-state index in [1.54, 1.807) is 60.7 Å². The van der Waals surface area contributed by atoms with Gasteiger partial charge in [-0.15, -0.1) is 0 Å². The number of carbonyl (C=O) groups is 3. The van der Waals surface area contributed by atoms with Crippen molar-refractivity contribution >= 4 is 209 Å². The van der Waals surface area contributed by atoms with Gasteiger partial charge in [-0.05, 0) is 181 Å². The Bertz CT molecular complexity index is 5300. The number of anilines is 5. The lowest BCUT2D eigenvalue weighted by Gasteiger charge is -2.35. The number of fused-ring (bicyclic) bond motifs is 2. The first-order valence-corrected chi connectivity index (χ1v) is 39.8. The summed E-state index contributed by atoms with van der Waals surface area (Å²) in [7, 11) is 0. The Kier molecular flexibility index (Phi) is 41.4. The molecule has 0 bridgehead atoms. The van der Waals surface area contributed by atoms with E-state index in [0.717, 1.165) is 50.0 Å². The number of carbonyl (C=O) groups excluding carboxylic acids is 3. The number of nitro groups is 2. The smallest absolute Gasteiger partial charge is 0.431 e. The average Bonchev–Trinajstić information content (AvgIpc) is 1.27. The number of nitrogen functional groups attached to an aromatic ring is 1. The van der Waals surface area contributed by atoms with Crippen molar-refractivity contribution in [3.63, 3.8) is 0 Å². The maximum atomic E-state index is 13.2. The molecule has 0 radical (unpaired) electrons. The molecule has 0 saturated carbocycles. The lowest BCUT2D eigenvalue weighted by Crippen LogP contribution is -2.51. The van der Waals surface area contributed by atoms with Crippen LogP contribution in [0, 0.1) is 20.2 Å². The monoisotopic (exact) mass is 1930 g/mol. The number of aliphatic hydroxyl groups excluding tert-OH is 7. The van der Waals surface area contributed by atoms with Crippen LogP contribution in [0.3, 0.4) is 0 Å². The van der Waals surface area contributed by atoms with Gasteiger partial charge in [0.25, 0.3) is 28.4 Å². The molecule has 46 heteroatoms. The first-order valence-electron chi connectivity index (χ1n) is 36.0. The lowest BCUT2D eigenvalue weighted by atomic mass is 10.1. The van der Waals surface area contributed by atoms with E-state index in [1.165, 1.54) is 79.7 Å². The molecule has 0 aliphatic carbocycles. The van der Waals surface area contributed by atoms with Crippen LogP contribution >= 0.6 is 117 Å². The van der Waals surface area contributed by atoms with E-state index in [0.29, 0.717) is 126 Å². The zero-order valence-electron chi connectivity index (χ0n) is 65.1. The van der Waals surface area contributed by atoms with E-state index < -0.39 is 51.4 Å². The zero-order valence-corrected chi connectivity index (χ0v) is 72.8. The van der Waals surface area contributed by atoms with Gasteiger partial charge in [0.2, 0.25) is 11.9 Å². The third kappa shape index (κ3) is 31.0. The normalized spacial score (nSPS) is 13.4. The number of benzene rings is 8. The number of amides is 2. The summed E-state index contributed by atoms with van der Waals surface area (Å²) in [5.74, 6) is -1.62. The van der Waals surface area contributed by atoms with Crippen LogP contribution in [-0.2, 0) is 76.7 Å². The second-order valence-electron chi connectivity index (χ2n) is 25.1. The number of non-ortho nitro benzene ring substituents is 2. The van der Waals surface area contributed by atoms with E-state index in [4.69, 9.17) is 151 Å². The van der Waals surface area contributed by atoms with Crippen molar-refractivity contribution in [3.05, 3.63) is 274 Å². The highest BCUT2D eigenvalue weighted by molar-refractivity contribution is 7.80. The van der Waals surface area contributed by atoms with Crippen LogP contribution in [-0.4, -0.2) is 160 Å². The Morgan fingerprint density at radius 3 is 1.31 bits per heavy atom. The van der Waals surface area contributed by atoms with Gasteiger partial charge in [0, 0.05) is 137 Å². The fourth-order valence-electron chi connectivity index (χ4n) is 10.8. The third-order valence-corrected chi connectivity index (χ3v) is 19.9. The van der Waals surface area contributed by atoms with E-state index >= 15 is 0 Å².